The molecule has 0 bridgehead atoms. The van der Waals surface area contributed by atoms with E-state index >= 15 is 0 Å². The second-order valence-corrected chi connectivity index (χ2v) is 13.7. The first-order chi connectivity index (χ1) is 25.8. The van der Waals surface area contributed by atoms with Gasteiger partial charge in [-0.25, -0.2) is 0 Å². The topological polar surface area (TPSA) is 27.9 Å². The van der Waals surface area contributed by atoms with Crippen molar-refractivity contribution in [2.45, 2.75) is 0 Å². The van der Waals surface area contributed by atoms with Crippen LogP contribution in [0.25, 0.3) is 104 Å². The Morgan fingerprint density at radius 3 is 1.73 bits per heavy atom. The molecule has 0 aliphatic carbocycles. The minimum absolute atomic E-state index is 0.896. The molecule has 242 valence electrons. The van der Waals surface area contributed by atoms with Crippen molar-refractivity contribution in [2.75, 3.05) is 0 Å². The average Bonchev–Trinajstić information content (AvgIpc) is 3.94. The lowest BCUT2D eigenvalue weighted by Gasteiger charge is -2.11. The van der Waals surface area contributed by atoms with Crippen molar-refractivity contribution in [3.05, 3.63) is 176 Å². The summed E-state index contributed by atoms with van der Waals surface area (Å²) in [6.07, 6.45) is 0. The number of rotatable bonds is 3. The molecule has 4 nitrogen and oxygen atoms in total. The largest absolute Gasteiger partial charge is 0.454 e. The van der Waals surface area contributed by atoms with Crippen LogP contribution in [0.2, 0.25) is 0 Å². The highest BCUT2D eigenvalue weighted by molar-refractivity contribution is 6.26. The van der Waals surface area contributed by atoms with Gasteiger partial charge in [0.2, 0.25) is 0 Å². The van der Waals surface area contributed by atoms with Gasteiger partial charge in [-0.2, -0.15) is 0 Å². The zero-order valence-electron chi connectivity index (χ0n) is 28.0. The molecule has 12 rings (SSSR count). The molecule has 0 aliphatic rings. The molecule has 0 unspecified atom stereocenters. The van der Waals surface area contributed by atoms with Crippen LogP contribution in [0.15, 0.2) is 180 Å². The van der Waals surface area contributed by atoms with Gasteiger partial charge in [0, 0.05) is 54.5 Å². The predicted molar refractivity (Wildman–Crippen MR) is 217 cm³/mol. The molecular weight excluding hydrogens is 635 g/mol. The van der Waals surface area contributed by atoms with Crippen LogP contribution in [0, 0.1) is 0 Å². The standard InChI is InChI=1S/C48H29N3O/c1-2-13-30(14-3-1)49-39-20-8-5-16-33(39)38-29-31(25-27-42(38)49)50-40-21-9-4-15-32(40)35-26-28-43-46(47(35)50)37-18-6-10-22-41(37)51(43)44-23-12-19-36-34-17-7-11-24-45(34)52-48(36)44/h1-29H. The molecule has 52 heavy (non-hydrogen) atoms. The fraction of sp³-hybridized carbons (Fsp3) is 0. The molecule has 0 saturated heterocycles. The quantitative estimate of drug-likeness (QED) is 0.185. The van der Waals surface area contributed by atoms with Crippen molar-refractivity contribution in [3.8, 4) is 17.1 Å². The van der Waals surface area contributed by atoms with Crippen LogP contribution in [0.4, 0.5) is 0 Å². The number of para-hydroxylation sites is 6. The van der Waals surface area contributed by atoms with Gasteiger partial charge in [0.05, 0.1) is 38.8 Å². The van der Waals surface area contributed by atoms with E-state index < -0.39 is 0 Å². The van der Waals surface area contributed by atoms with Gasteiger partial charge in [0.25, 0.3) is 0 Å². The van der Waals surface area contributed by atoms with Crippen molar-refractivity contribution in [2.24, 2.45) is 0 Å². The lowest BCUT2D eigenvalue weighted by molar-refractivity contribution is 0.666. The second kappa shape index (κ2) is 10.3. The number of fused-ring (bicyclic) bond motifs is 13. The van der Waals surface area contributed by atoms with E-state index in [0.717, 1.165) is 50.0 Å². The Hall–Kier alpha value is -7.04. The SMILES string of the molecule is c1ccc(-n2c3ccccc3c3cc(-n4c5ccccc5c5ccc6c(c7ccccc7n6-c6cccc7c6oc6ccccc67)c54)ccc32)cc1. The van der Waals surface area contributed by atoms with Gasteiger partial charge in [-0.1, -0.05) is 109 Å². The highest BCUT2D eigenvalue weighted by Gasteiger charge is 2.23. The van der Waals surface area contributed by atoms with Crippen molar-refractivity contribution in [1.82, 2.24) is 13.7 Å². The van der Waals surface area contributed by atoms with E-state index in [1.165, 1.54) is 54.4 Å². The van der Waals surface area contributed by atoms with Gasteiger partial charge >= 0.3 is 0 Å². The third kappa shape index (κ3) is 3.60. The first-order valence-corrected chi connectivity index (χ1v) is 17.8. The molecule has 0 fully saturated rings. The Morgan fingerprint density at radius 2 is 0.923 bits per heavy atom. The Morgan fingerprint density at radius 1 is 0.327 bits per heavy atom. The molecule has 4 heteroatoms. The summed E-state index contributed by atoms with van der Waals surface area (Å²) in [4.78, 5) is 0. The van der Waals surface area contributed by atoms with Crippen molar-refractivity contribution < 1.29 is 4.42 Å². The maximum atomic E-state index is 6.62. The number of hydrogen-bond donors (Lipinski definition) is 0. The smallest absolute Gasteiger partial charge is 0.159 e. The molecule has 0 spiro atoms. The Balaban J connectivity index is 1.21. The van der Waals surface area contributed by atoms with Gasteiger partial charge in [0.1, 0.15) is 5.58 Å². The summed E-state index contributed by atoms with van der Waals surface area (Å²) in [5.74, 6) is 0. The Labute approximate surface area is 297 Å². The van der Waals surface area contributed by atoms with Gasteiger partial charge < -0.3 is 18.1 Å². The second-order valence-electron chi connectivity index (χ2n) is 13.7. The molecule has 0 aliphatic heterocycles. The third-order valence-electron chi connectivity index (χ3n) is 11.0. The van der Waals surface area contributed by atoms with E-state index in [9.17, 15) is 0 Å². The van der Waals surface area contributed by atoms with E-state index in [-0.39, 0.29) is 0 Å². The molecule has 0 radical (unpaired) electrons. The molecule has 0 amide bonds. The monoisotopic (exact) mass is 663 g/mol. The number of aromatic nitrogens is 3. The summed E-state index contributed by atoms with van der Waals surface area (Å²) in [6, 6.07) is 63.4. The Kier molecular flexibility index (Phi) is 5.47. The number of hydrogen-bond acceptors (Lipinski definition) is 1. The lowest BCUT2D eigenvalue weighted by atomic mass is 10.1. The van der Waals surface area contributed by atoms with Crippen molar-refractivity contribution >= 4 is 87.4 Å². The van der Waals surface area contributed by atoms with Gasteiger partial charge in [-0.05, 0) is 66.7 Å². The van der Waals surface area contributed by atoms with E-state index in [1.807, 2.05) is 6.07 Å². The van der Waals surface area contributed by atoms with Crippen LogP contribution in [-0.2, 0) is 0 Å². The summed E-state index contributed by atoms with van der Waals surface area (Å²) >= 11 is 0. The van der Waals surface area contributed by atoms with E-state index in [4.69, 9.17) is 4.42 Å². The van der Waals surface area contributed by atoms with E-state index in [2.05, 4.69) is 184 Å². The first-order valence-electron chi connectivity index (χ1n) is 17.8. The zero-order valence-corrected chi connectivity index (χ0v) is 28.0. The fourth-order valence-electron chi connectivity index (χ4n) is 8.90. The minimum Gasteiger partial charge on any atom is -0.454 e. The molecule has 0 saturated carbocycles. The van der Waals surface area contributed by atoms with Gasteiger partial charge in [0.15, 0.2) is 5.58 Å². The maximum Gasteiger partial charge on any atom is 0.159 e. The summed E-state index contributed by atoms with van der Waals surface area (Å²) in [6.45, 7) is 0. The van der Waals surface area contributed by atoms with Crippen LogP contribution >= 0.6 is 0 Å². The maximum absolute atomic E-state index is 6.62. The molecule has 0 N–H and O–H groups in total. The minimum atomic E-state index is 0.896. The number of benzene rings is 8. The van der Waals surface area contributed by atoms with E-state index in [0.29, 0.717) is 0 Å². The highest BCUT2D eigenvalue weighted by Crippen LogP contribution is 2.44. The van der Waals surface area contributed by atoms with Gasteiger partial charge in [-0.15, -0.1) is 0 Å². The molecule has 12 aromatic rings. The number of nitrogens with zero attached hydrogens (tertiary/aromatic N) is 3. The third-order valence-corrected chi connectivity index (χ3v) is 11.0. The summed E-state index contributed by atoms with van der Waals surface area (Å²) in [5, 5.41) is 9.64. The molecule has 4 heterocycles. The predicted octanol–water partition coefficient (Wildman–Crippen LogP) is 12.9. The van der Waals surface area contributed by atoms with E-state index in [1.54, 1.807) is 0 Å². The summed E-state index contributed by atoms with van der Waals surface area (Å²) in [7, 11) is 0. The van der Waals surface area contributed by atoms with Crippen LogP contribution in [0.5, 0.6) is 0 Å². The summed E-state index contributed by atoms with van der Waals surface area (Å²) < 4.78 is 13.9. The average molecular weight is 664 g/mol. The van der Waals surface area contributed by atoms with Crippen LogP contribution in [0.3, 0.4) is 0 Å². The molecule has 4 aromatic heterocycles. The zero-order chi connectivity index (χ0) is 33.9. The molecule has 8 aromatic carbocycles. The van der Waals surface area contributed by atoms with Crippen LogP contribution in [-0.4, -0.2) is 13.7 Å². The summed E-state index contributed by atoms with van der Waals surface area (Å²) in [5.41, 5.74) is 12.2. The Bertz CT molecular complexity index is 3410. The lowest BCUT2D eigenvalue weighted by Crippen LogP contribution is -1.96. The first kappa shape index (κ1) is 27.7. The van der Waals surface area contributed by atoms with Crippen molar-refractivity contribution in [3.63, 3.8) is 0 Å². The molecule has 0 atom stereocenters. The van der Waals surface area contributed by atoms with Gasteiger partial charge in [-0.3, -0.25) is 0 Å². The van der Waals surface area contributed by atoms with Crippen LogP contribution in [0.1, 0.15) is 0 Å². The van der Waals surface area contributed by atoms with Crippen molar-refractivity contribution in [1.29, 1.82) is 0 Å². The van der Waals surface area contributed by atoms with Crippen LogP contribution < -0.4 is 0 Å². The molecular formula is C48H29N3O. The number of furan rings is 1. The highest BCUT2D eigenvalue weighted by atomic mass is 16.3. The fourth-order valence-corrected chi connectivity index (χ4v) is 8.90. The normalized spacial score (nSPS) is 12.2.